The van der Waals surface area contributed by atoms with Gasteiger partial charge in [0.15, 0.2) is 0 Å². The van der Waals surface area contributed by atoms with E-state index in [2.05, 4.69) is 25.5 Å². The summed E-state index contributed by atoms with van der Waals surface area (Å²) < 4.78 is 0. The van der Waals surface area contributed by atoms with Gasteiger partial charge in [0.25, 0.3) is 5.91 Å². The van der Waals surface area contributed by atoms with Gasteiger partial charge in [0, 0.05) is 18.1 Å². The molecule has 0 aliphatic heterocycles. The molecule has 1 N–H and O–H groups in total. The molecule has 1 aromatic heterocycles. The Labute approximate surface area is 145 Å². The van der Waals surface area contributed by atoms with Gasteiger partial charge in [-0.15, -0.1) is 0 Å². The number of azo groups is 1. The summed E-state index contributed by atoms with van der Waals surface area (Å²) in [5, 5.41) is 11.4. The molecule has 1 amide bonds. The molecule has 0 saturated carbocycles. The number of carbonyl (C=O) groups excluding carboxylic acids is 1. The van der Waals surface area contributed by atoms with E-state index in [0.717, 1.165) is 22.5 Å². The number of carbonyl (C=O) groups is 1. The first kappa shape index (κ1) is 16.4. The summed E-state index contributed by atoms with van der Waals surface area (Å²) in [4.78, 5) is 20.0. The van der Waals surface area contributed by atoms with Crippen LogP contribution in [0.3, 0.4) is 0 Å². The molecule has 124 valence electrons. The third-order valence-corrected chi connectivity index (χ3v) is 3.64. The molecule has 3 rings (SSSR count). The number of anilines is 1. The number of aryl methyl sites for hydroxylation is 2. The summed E-state index contributed by atoms with van der Waals surface area (Å²) >= 11 is 0. The van der Waals surface area contributed by atoms with Crippen molar-refractivity contribution >= 4 is 23.0 Å². The van der Waals surface area contributed by atoms with Gasteiger partial charge >= 0.3 is 0 Å². The van der Waals surface area contributed by atoms with Crippen LogP contribution in [0.1, 0.15) is 21.6 Å². The highest BCUT2D eigenvalue weighted by Gasteiger charge is 2.09. The van der Waals surface area contributed by atoms with Gasteiger partial charge in [0.2, 0.25) is 0 Å². The molecule has 0 aliphatic carbocycles. The maximum absolute atomic E-state index is 12.1. The molecular formula is C19H17N5O. The zero-order valence-electron chi connectivity index (χ0n) is 14.0. The van der Waals surface area contributed by atoms with Crippen LogP contribution in [0.5, 0.6) is 0 Å². The quantitative estimate of drug-likeness (QED) is 0.700. The maximum Gasteiger partial charge on any atom is 0.275 e. The average molecular weight is 331 g/mol. The lowest BCUT2D eigenvalue weighted by molar-refractivity contribution is 0.102. The van der Waals surface area contributed by atoms with E-state index in [9.17, 15) is 4.79 Å². The molecule has 6 heteroatoms. The van der Waals surface area contributed by atoms with Crippen LogP contribution in [-0.2, 0) is 0 Å². The fourth-order valence-electron chi connectivity index (χ4n) is 2.24. The Morgan fingerprint density at radius 2 is 1.84 bits per heavy atom. The fourth-order valence-corrected chi connectivity index (χ4v) is 2.24. The molecule has 6 nitrogen and oxygen atoms in total. The molecule has 2 aromatic carbocycles. The molecule has 0 unspecified atom stereocenters. The Balaban J connectivity index is 1.75. The molecule has 0 radical (unpaired) electrons. The SMILES string of the molecule is Cc1ccccc1/N=N/c1ccc(NC(=O)c2cnccn2)c(C)c1. The van der Waals surface area contributed by atoms with Gasteiger partial charge in [0.1, 0.15) is 5.69 Å². The van der Waals surface area contributed by atoms with E-state index in [-0.39, 0.29) is 11.6 Å². The smallest absolute Gasteiger partial charge is 0.275 e. The molecule has 0 spiro atoms. The minimum Gasteiger partial charge on any atom is -0.320 e. The predicted molar refractivity (Wildman–Crippen MR) is 96.5 cm³/mol. The highest BCUT2D eigenvalue weighted by atomic mass is 16.1. The third-order valence-electron chi connectivity index (χ3n) is 3.64. The minimum atomic E-state index is -0.300. The van der Waals surface area contributed by atoms with E-state index < -0.39 is 0 Å². The topological polar surface area (TPSA) is 79.6 Å². The Kier molecular flexibility index (Phi) is 4.89. The van der Waals surface area contributed by atoms with Crippen molar-refractivity contribution in [1.29, 1.82) is 0 Å². The normalized spacial score (nSPS) is 10.8. The standard InChI is InChI=1S/C19H17N5O/c1-13-5-3-4-6-17(13)24-23-15-7-8-16(14(2)11-15)22-19(25)18-12-20-9-10-21-18/h3-12H,1-2H3,(H,22,25)/b24-23+. The monoisotopic (exact) mass is 331 g/mol. The molecule has 0 bridgehead atoms. The van der Waals surface area contributed by atoms with E-state index >= 15 is 0 Å². The van der Waals surface area contributed by atoms with Crippen LogP contribution < -0.4 is 5.32 Å². The Morgan fingerprint density at radius 3 is 2.56 bits per heavy atom. The Morgan fingerprint density at radius 1 is 1.00 bits per heavy atom. The number of nitrogens with zero attached hydrogens (tertiary/aromatic N) is 4. The first-order valence-corrected chi connectivity index (χ1v) is 7.79. The van der Waals surface area contributed by atoms with Crippen LogP contribution in [-0.4, -0.2) is 15.9 Å². The molecule has 25 heavy (non-hydrogen) atoms. The summed E-state index contributed by atoms with van der Waals surface area (Å²) in [7, 11) is 0. The van der Waals surface area contributed by atoms with Crippen molar-refractivity contribution in [3.05, 3.63) is 77.9 Å². The molecule has 1 heterocycles. The second-order valence-electron chi connectivity index (χ2n) is 5.53. The lowest BCUT2D eigenvalue weighted by Gasteiger charge is -2.08. The zero-order valence-corrected chi connectivity index (χ0v) is 14.0. The summed E-state index contributed by atoms with van der Waals surface area (Å²) in [6.07, 6.45) is 4.43. The maximum atomic E-state index is 12.1. The van der Waals surface area contributed by atoms with Gasteiger partial charge in [0.05, 0.1) is 17.6 Å². The van der Waals surface area contributed by atoms with Crippen molar-refractivity contribution in [2.24, 2.45) is 10.2 Å². The van der Waals surface area contributed by atoms with Gasteiger partial charge in [-0.05, 0) is 49.2 Å². The van der Waals surface area contributed by atoms with Crippen molar-refractivity contribution in [1.82, 2.24) is 9.97 Å². The lowest BCUT2D eigenvalue weighted by atomic mass is 10.1. The van der Waals surface area contributed by atoms with Crippen molar-refractivity contribution in [2.45, 2.75) is 13.8 Å². The summed E-state index contributed by atoms with van der Waals surface area (Å²) in [5.41, 5.74) is 4.48. The molecule has 0 fully saturated rings. The van der Waals surface area contributed by atoms with Crippen molar-refractivity contribution in [3.63, 3.8) is 0 Å². The van der Waals surface area contributed by atoms with Gasteiger partial charge in [-0.3, -0.25) is 9.78 Å². The van der Waals surface area contributed by atoms with Gasteiger partial charge in [-0.2, -0.15) is 10.2 Å². The largest absolute Gasteiger partial charge is 0.320 e. The van der Waals surface area contributed by atoms with E-state index in [0.29, 0.717) is 5.69 Å². The summed E-state index contributed by atoms with van der Waals surface area (Å²) in [6.45, 7) is 3.89. The van der Waals surface area contributed by atoms with Crippen LogP contribution in [0.25, 0.3) is 0 Å². The first-order valence-electron chi connectivity index (χ1n) is 7.79. The second kappa shape index (κ2) is 7.44. The van der Waals surface area contributed by atoms with E-state index in [4.69, 9.17) is 0 Å². The number of rotatable bonds is 4. The van der Waals surface area contributed by atoms with Crippen LogP contribution in [0.15, 0.2) is 71.3 Å². The van der Waals surface area contributed by atoms with Gasteiger partial charge in [-0.1, -0.05) is 18.2 Å². The van der Waals surface area contributed by atoms with E-state index in [1.54, 1.807) is 12.1 Å². The highest BCUT2D eigenvalue weighted by Crippen LogP contribution is 2.25. The summed E-state index contributed by atoms with van der Waals surface area (Å²) in [5.74, 6) is -0.300. The van der Waals surface area contributed by atoms with Crippen molar-refractivity contribution in [2.75, 3.05) is 5.32 Å². The van der Waals surface area contributed by atoms with Crippen LogP contribution >= 0.6 is 0 Å². The van der Waals surface area contributed by atoms with Crippen molar-refractivity contribution < 1.29 is 4.79 Å². The number of nitrogens with one attached hydrogen (secondary N) is 1. The molecular weight excluding hydrogens is 314 g/mol. The predicted octanol–water partition coefficient (Wildman–Crippen LogP) is 4.76. The number of amides is 1. The highest BCUT2D eigenvalue weighted by molar-refractivity contribution is 6.03. The second-order valence-corrected chi connectivity index (χ2v) is 5.53. The zero-order chi connectivity index (χ0) is 17.6. The Hall–Kier alpha value is -3.41. The fraction of sp³-hybridized carbons (Fsp3) is 0.105. The van der Waals surface area contributed by atoms with Crippen LogP contribution in [0, 0.1) is 13.8 Å². The molecule has 0 aliphatic rings. The van der Waals surface area contributed by atoms with Gasteiger partial charge in [-0.25, -0.2) is 4.98 Å². The van der Waals surface area contributed by atoms with Gasteiger partial charge < -0.3 is 5.32 Å². The van der Waals surface area contributed by atoms with E-state index in [1.165, 1.54) is 18.6 Å². The number of aromatic nitrogens is 2. The summed E-state index contributed by atoms with van der Waals surface area (Å²) in [6, 6.07) is 13.3. The first-order chi connectivity index (χ1) is 12.1. The average Bonchev–Trinajstić information content (AvgIpc) is 2.64. The van der Waals surface area contributed by atoms with Crippen molar-refractivity contribution in [3.8, 4) is 0 Å². The van der Waals surface area contributed by atoms with Crippen LogP contribution in [0.4, 0.5) is 17.1 Å². The molecule has 0 saturated heterocycles. The van der Waals surface area contributed by atoms with Crippen LogP contribution in [0.2, 0.25) is 0 Å². The number of hydrogen-bond acceptors (Lipinski definition) is 5. The number of hydrogen-bond donors (Lipinski definition) is 1. The molecule has 3 aromatic rings. The molecule has 0 atom stereocenters. The Bertz CT molecular complexity index is 922. The van der Waals surface area contributed by atoms with E-state index in [1.807, 2.05) is 44.2 Å². The number of benzene rings is 2. The third kappa shape index (κ3) is 4.11. The lowest BCUT2D eigenvalue weighted by Crippen LogP contribution is -2.14. The minimum absolute atomic E-state index is 0.269.